The van der Waals surface area contributed by atoms with Crippen molar-refractivity contribution < 1.29 is 4.74 Å². The third-order valence-electron chi connectivity index (χ3n) is 3.49. The van der Waals surface area contributed by atoms with Gasteiger partial charge in [-0.25, -0.2) is 4.98 Å². The zero-order valence-corrected chi connectivity index (χ0v) is 11.6. The summed E-state index contributed by atoms with van der Waals surface area (Å²) in [5.41, 5.74) is 0.906. The van der Waals surface area contributed by atoms with E-state index in [1.807, 2.05) is 19.9 Å². The van der Waals surface area contributed by atoms with E-state index >= 15 is 0 Å². The Kier molecular flexibility index (Phi) is 3.71. The molecule has 2 N–H and O–H groups in total. The van der Waals surface area contributed by atoms with E-state index in [0.29, 0.717) is 5.95 Å². The van der Waals surface area contributed by atoms with Crippen LogP contribution in [0.3, 0.4) is 0 Å². The van der Waals surface area contributed by atoms with Gasteiger partial charge in [0.15, 0.2) is 0 Å². The SMILES string of the molecule is CCNc1nc(C)cc(NC2(C)CCOC2C)n1. The van der Waals surface area contributed by atoms with Crippen LogP contribution >= 0.6 is 0 Å². The molecule has 0 amide bonds. The van der Waals surface area contributed by atoms with E-state index in [1.165, 1.54) is 0 Å². The number of hydrogen-bond donors (Lipinski definition) is 2. The lowest BCUT2D eigenvalue weighted by Crippen LogP contribution is -2.41. The average Bonchev–Trinajstić information content (AvgIpc) is 2.58. The van der Waals surface area contributed by atoms with Crippen LogP contribution in [0.25, 0.3) is 0 Å². The number of hydrogen-bond acceptors (Lipinski definition) is 5. The van der Waals surface area contributed by atoms with E-state index < -0.39 is 0 Å². The van der Waals surface area contributed by atoms with Crippen molar-refractivity contribution in [3.63, 3.8) is 0 Å². The molecule has 1 aromatic rings. The fraction of sp³-hybridized carbons (Fsp3) is 0.692. The van der Waals surface area contributed by atoms with Gasteiger partial charge in [-0.2, -0.15) is 4.98 Å². The summed E-state index contributed by atoms with van der Waals surface area (Å²) in [7, 11) is 0. The van der Waals surface area contributed by atoms with Gasteiger partial charge in [-0.1, -0.05) is 0 Å². The maximum Gasteiger partial charge on any atom is 0.224 e. The maximum absolute atomic E-state index is 5.63. The van der Waals surface area contributed by atoms with Crippen LogP contribution in [-0.2, 0) is 4.74 Å². The van der Waals surface area contributed by atoms with E-state index in [-0.39, 0.29) is 11.6 Å². The van der Waals surface area contributed by atoms with Gasteiger partial charge in [-0.15, -0.1) is 0 Å². The summed E-state index contributed by atoms with van der Waals surface area (Å²) in [6.45, 7) is 9.90. The van der Waals surface area contributed by atoms with Gasteiger partial charge in [0, 0.05) is 24.9 Å². The van der Waals surface area contributed by atoms with E-state index in [0.717, 1.165) is 31.1 Å². The van der Waals surface area contributed by atoms with Crippen molar-refractivity contribution >= 4 is 11.8 Å². The molecular formula is C13H22N4O. The van der Waals surface area contributed by atoms with Crippen LogP contribution in [0.15, 0.2) is 6.07 Å². The highest BCUT2D eigenvalue weighted by Crippen LogP contribution is 2.29. The second-order valence-electron chi connectivity index (χ2n) is 5.05. The Morgan fingerprint density at radius 3 is 2.89 bits per heavy atom. The molecule has 1 aliphatic heterocycles. The summed E-state index contributed by atoms with van der Waals surface area (Å²) in [6.07, 6.45) is 1.18. The lowest BCUT2D eigenvalue weighted by Gasteiger charge is -2.29. The zero-order chi connectivity index (χ0) is 13.2. The Morgan fingerprint density at radius 2 is 2.28 bits per heavy atom. The normalized spacial score (nSPS) is 27.2. The first-order chi connectivity index (χ1) is 8.53. The van der Waals surface area contributed by atoms with Crippen molar-refractivity contribution in [1.82, 2.24) is 9.97 Å². The fourth-order valence-electron chi connectivity index (χ4n) is 2.16. The highest BCUT2D eigenvalue weighted by atomic mass is 16.5. The minimum absolute atomic E-state index is 0.0513. The molecule has 2 atom stereocenters. The molecule has 0 aliphatic carbocycles. The van der Waals surface area contributed by atoms with E-state index in [2.05, 4.69) is 34.4 Å². The van der Waals surface area contributed by atoms with Gasteiger partial charge >= 0.3 is 0 Å². The Balaban J connectivity index is 2.18. The largest absolute Gasteiger partial charge is 0.376 e. The highest BCUT2D eigenvalue weighted by Gasteiger charge is 2.37. The minimum Gasteiger partial charge on any atom is -0.376 e. The summed E-state index contributed by atoms with van der Waals surface area (Å²) in [4.78, 5) is 8.82. The monoisotopic (exact) mass is 250 g/mol. The first kappa shape index (κ1) is 13.1. The van der Waals surface area contributed by atoms with Crippen LogP contribution in [0, 0.1) is 6.92 Å². The third-order valence-corrected chi connectivity index (χ3v) is 3.49. The maximum atomic E-state index is 5.63. The van der Waals surface area contributed by atoms with Gasteiger partial charge in [-0.3, -0.25) is 0 Å². The quantitative estimate of drug-likeness (QED) is 0.858. The van der Waals surface area contributed by atoms with E-state index in [4.69, 9.17) is 4.74 Å². The number of ether oxygens (including phenoxy) is 1. The van der Waals surface area contributed by atoms with Crippen molar-refractivity contribution in [2.75, 3.05) is 23.8 Å². The number of nitrogens with zero attached hydrogens (tertiary/aromatic N) is 2. The molecule has 0 radical (unpaired) electrons. The van der Waals surface area contributed by atoms with E-state index in [9.17, 15) is 0 Å². The third kappa shape index (κ3) is 2.72. The first-order valence-corrected chi connectivity index (χ1v) is 6.53. The number of anilines is 2. The summed E-state index contributed by atoms with van der Waals surface area (Å²) < 4.78 is 5.63. The Labute approximate surface area is 108 Å². The summed E-state index contributed by atoms with van der Waals surface area (Å²) >= 11 is 0. The molecule has 1 aliphatic rings. The molecule has 5 nitrogen and oxygen atoms in total. The second kappa shape index (κ2) is 5.10. The summed E-state index contributed by atoms with van der Waals surface area (Å²) in [6, 6.07) is 1.97. The molecule has 1 fully saturated rings. The molecular weight excluding hydrogens is 228 g/mol. The Hall–Kier alpha value is -1.36. The molecule has 1 aromatic heterocycles. The van der Waals surface area contributed by atoms with Gasteiger partial charge in [0.2, 0.25) is 5.95 Å². The van der Waals surface area contributed by atoms with Gasteiger partial charge < -0.3 is 15.4 Å². The minimum atomic E-state index is -0.0513. The average molecular weight is 250 g/mol. The van der Waals surface area contributed by atoms with Gasteiger partial charge in [0.1, 0.15) is 5.82 Å². The molecule has 0 spiro atoms. The van der Waals surface area contributed by atoms with Gasteiger partial charge in [0.05, 0.1) is 11.6 Å². The van der Waals surface area contributed by atoms with Crippen LogP contribution in [0.4, 0.5) is 11.8 Å². The smallest absolute Gasteiger partial charge is 0.224 e. The van der Waals surface area contributed by atoms with Crippen LogP contribution in [0.1, 0.15) is 32.9 Å². The molecule has 5 heteroatoms. The van der Waals surface area contributed by atoms with Crippen molar-refractivity contribution in [3.8, 4) is 0 Å². The van der Waals surface area contributed by atoms with Crippen molar-refractivity contribution in [3.05, 3.63) is 11.8 Å². The Bertz CT molecular complexity index is 423. The molecule has 100 valence electrons. The van der Waals surface area contributed by atoms with Crippen molar-refractivity contribution in [1.29, 1.82) is 0 Å². The topological polar surface area (TPSA) is 59.1 Å². The lowest BCUT2D eigenvalue weighted by molar-refractivity contribution is 0.105. The van der Waals surface area contributed by atoms with Crippen LogP contribution in [0.2, 0.25) is 0 Å². The molecule has 0 saturated carbocycles. The highest BCUT2D eigenvalue weighted by molar-refractivity contribution is 5.44. The number of aromatic nitrogens is 2. The van der Waals surface area contributed by atoms with Crippen LogP contribution in [0.5, 0.6) is 0 Å². The van der Waals surface area contributed by atoms with E-state index in [1.54, 1.807) is 0 Å². The number of rotatable bonds is 4. The summed E-state index contributed by atoms with van der Waals surface area (Å²) in [5, 5.41) is 6.63. The first-order valence-electron chi connectivity index (χ1n) is 6.53. The molecule has 2 rings (SSSR count). The Morgan fingerprint density at radius 1 is 1.50 bits per heavy atom. The molecule has 0 aromatic carbocycles. The van der Waals surface area contributed by atoms with Crippen LogP contribution in [-0.4, -0.2) is 34.8 Å². The molecule has 0 bridgehead atoms. The zero-order valence-electron chi connectivity index (χ0n) is 11.6. The number of aryl methyl sites for hydroxylation is 1. The van der Waals surface area contributed by atoms with Crippen molar-refractivity contribution in [2.45, 2.75) is 45.8 Å². The standard InChI is InChI=1S/C13H22N4O/c1-5-14-12-15-9(2)8-11(16-12)17-13(4)6-7-18-10(13)3/h8,10H,5-7H2,1-4H3,(H2,14,15,16,17). The summed E-state index contributed by atoms with van der Waals surface area (Å²) in [5.74, 6) is 1.54. The molecule has 2 heterocycles. The number of nitrogens with one attached hydrogen (secondary N) is 2. The fourth-order valence-corrected chi connectivity index (χ4v) is 2.16. The van der Waals surface area contributed by atoms with Crippen LogP contribution < -0.4 is 10.6 Å². The predicted molar refractivity (Wildman–Crippen MR) is 73.0 cm³/mol. The molecule has 18 heavy (non-hydrogen) atoms. The second-order valence-corrected chi connectivity index (χ2v) is 5.05. The van der Waals surface area contributed by atoms with Gasteiger partial charge in [0.25, 0.3) is 0 Å². The predicted octanol–water partition coefficient (Wildman–Crippen LogP) is 2.20. The van der Waals surface area contributed by atoms with Gasteiger partial charge in [-0.05, 0) is 34.1 Å². The molecule has 2 unspecified atom stereocenters. The molecule has 1 saturated heterocycles. The van der Waals surface area contributed by atoms with Crippen molar-refractivity contribution in [2.24, 2.45) is 0 Å². The lowest BCUT2D eigenvalue weighted by atomic mass is 9.95.